The van der Waals surface area contributed by atoms with Gasteiger partial charge in [0, 0.05) is 0 Å². The zero-order chi connectivity index (χ0) is 3.41. The van der Waals surface area contributed by atoms with Crippen molar-refractivity contribution in [3.63, 3.8) is 0 Å². The van der Waals surface area contributed by atoms with Crippen molar-refractivity contribution in [2.75, 3.05) is 0 Å². The fourth-order valence-electron chi connectivity index (χ4n) is 0. The van der Waals surface area contributed by atoms with E-state index in [0.717, 1.165) is 0 Å². The Morgan fingerprint density at radius 2 is 2.25 bits per heavy atom. The third-order valence-electron chi connectivity index (χ3n) is 0.129. The maximum Gasteiger partial charge on any atom is 0.180 e. The summed E-state index contributed by atoms with van der Waals surface area (Å²) in [7, 11) is -0.812. The summed E-state index contributed by atoms with van der Waals surface area (Å²) in [6, 6.07) is 0. The van der Waals surface area contributed by atoms with Crippen LogP contribution in [0.25, 0.3) is 0 Å². The van der Waals surface area contributed by atoms with Gasteiger partial charge in [0.25, 0.3) is 0 Å². The summed E-state index contributed by atoms with van der Waals surface area (Å²) in [5, 5.41) is 0. The van der Waals surface area contributed by atoms with Gasteiger partial charge >= 0.3 is 0 Å². The molecule has 0 saturated carbocycles. The summed E-state index contributed by atoms with van der Waals surface area (Å²) in [5.41, 5.74) is 1.57. The van der Waals surface area contributed by atoms with Crippen LogP contribution in [0, 0.1) is 0 Å². The van der Waals surface area contributed by atoms with Gasteiger partial charge in [-0.15, -0.1) is 6.58 Å². The van der Waals surface area contributed by atoms with Gasteiger partial charge in [-0.3, -0.25) is 0 Å². The van der Waals surface area contributed by atoms with Crippen LogP contribution in [0.15, 0.2) is 12.3 Å². The lowest BCUT2D eigenvalue weighted by atomic mass is 11.3. The Hall–Kier alpha value is -0.0831. The number of rotatable bonds is 1. The normalized spacial score (nSPS) is 9.25. The molecule has 0 radical (unpaired) electrons. The fourth-order valence-corrected chi connectivity index (χ4v) is 0. The molecule has 4 heavy (non-hydrogen) atoms. The molecule has 0 aromatic carbocycles. The van der Waals surface area contributed by atoms with Crippen molar-refractivity contribution in [2.24, 2.45) is 0 Å². The van der Waals surface area contributed by atoms with Crippen LogP contribution in [-0.4, -0.2) is 14.6 Å². The predicted octanol–water partition coefficient (Wildman–Crippen LogP) is -0.794. The molecule has 1 N–H and O–H groups in total. The second kappa shape index (κ2) is 2.92. The third kappa shape index (κ3) is 1.92. The molecule has 0 heterocycles. The monoisotopic (exact) mass is 74.0 g/mol. The van der Waals surface area contributed by atoms with Crippen LogP contribution < -0.4 is 0 Å². The summed E-state index contributed by atoms with van der Waals surface area (Å²) in [4.78, 5) is 7.90. The van der Waals surface area contributed by atoms with E-state index in [1.54, 1.807) is 5.70 Å². The van der Waals surface area contributed by atoms with E-state index in [-0.39, 0.29) is 0 Å². The molecular formula is C2H6OSi. The minimum absolute atomic E-state index is 0.812. The van der Waals surface area contributed by atoms with Crippen LogP contribution in [0.5, 0.6) is 0 Å². The van der Waals surface area contributed by atoms with Gasteiger partial charge in [0.05, 0.1) is 0 Å². The van der Waals surface area contributed by atoms with Gasteiger partial charge in [-0.2, -0.15) is 0 Å². The van der Waals surface area contributed by atoms with Gasteiger partial charge < -0.3 is 4.80 Å². The van der Waals surface area contributed by atoms with E-state index in [9.17, 15) is 0 Å². The second-order valence-corrected chi connectivity index (χ2v) is 1.41. The van der Waals surface area contributed by atoms with Crippen molar-refractivity contribution in [1.82, 2.24) is 0 Å². The molecule has 0 unspecified atom stereocenters. The highest BCUT2D eigenvalue weighted by atomic mass is 28.2. The van der Waals surface area contributed by atoms with Gasteiger partial charge in [-0.05, 0) is 0 Å². The minimum Gasteiger partial charge on any atom is -0.434 e. The van der Waals surface area contributed by atoms with E-state index < -0.39 is 9.76 Å². The van der Waals surface area contributed by atoms with Gasteiger partial charge in [-0.1, -0.05) is 5.70 Å². The van der Waals surface area contributed by atoms with Crippen molar-refractivity contribution < 1.29 is 4.80 Å². The largest absolute Gasteiger partial charge is 0.434 e. The maximum atomic E-state index is 7.90. The number of hydrogen-bond donors (Lipinski definition) is 1. The highest BCUT2D eigenvalue weighted by Crippen LogP contribution is 1.40. The van der Waals surface area contributed by atoms with Crippen molar-refractivity contribution in [1.29, 1.82) is 0 Å². The molecule has 0 aromatic heterocycles. The fraction of sp³-hybridized carbons (Fsp3) is 0. The van der Waals surface area contributed by atoms with Gasteiger partial charge in [0.2, 0.25) is 0 Å². The topological polar surface area (TPSA) is 20.2 Å². The maximum absolute atomic E-state index is 7.90. The average Bonchev–Trinajstić information content (AvgIpc) is 1.37. The quantitative estimate of drug-likeness (QED) is 0.404. The molecule has 0 spiro atoms. The van der Waals surface area contributed by atoms with Crippen LogP contribution in [0.1, 0.15) is 0 Å². The Balaban J connectivity index is 2.30. The van der Waals surface area contributed by atoms with Crippen LogP contribution in [0.2, 0.25) is 0 Å². The van der Waals surface area contributed by atoms with Crippen LogP contribution in [0.3, 0.4) is 0 Å². The SMILES string of the molecule is C=C[SiH2]O. The Morgan fingerprint density at radius 1 is 2.00 bits per heavy atom. The Morgan fingerprint density at radius 3 is 2.25 bits per heavy atom. The van der Waals surface area contributed by atoms with Crippen molar-refractivity contribution in [3.05, 3.63) is 12.3 Å². The second-order valence-electron chi connectivity index (χ2n) is 0.471. The highest BCUT2D eigenvalue weighted by molar-refractivity contribution is 6.32. The van der Waals surface area contributed by atoms with Crippen LogP contribution in [-0.2, 0) is 0 Å². The molecule has 2 heteroatoms. The van der Waals surface area contributed by atoms with E-state index in [4.69, 9.17) is 4.80 Å². The lowest BCUT2D eigenvalue weighted by Gasteiger charge is -1.57. The average molecular weight is 74.2 g/mol. The summed E-state index contributed by atoms with van der Waals surface area (Å²) in [6.07, 6.45) is 0. The molecule has 24 valence electrons. The molecule has 0 bridgehead atoms. The van der Waals surface area contributed by atoms with E-state index in [2.05, 4.69) is 6.58 Å². The molecule has 0 aliphatic heterocycles. The Bertz CT molecular complexity index is 20.0. The first kappa shape index (κ1) is 3.92. The Kier molecular flexibility index (Phi) is 2.86. The van der Waals surface area contributed by atoms with Crippen LogP contribution >= 0.6 is 0 Å². The molecule has 0 amide bonds. The van der Waals surface area contributed by atoms with Gasteiger partial charge in [-0.25, -0.2) is 0 Å². The molecule has 0 aliphatic rings. The summed E-state index contributed by atoms with van der Waals surface area (Å²) in [6.45, 7) is 3.29. The lowest BCUT2D eigenvalue weighted by Crippen LogP contribution is -1.71. The third-order valence-corrected chi connectivity index (χ3v) is 0.387. The molecule has 0 fully saturated rings. The molecular weight excluding hydrogens is 68.1 g/mol. The molecule has 0 saturated heterocycles. The first-order valence-electron chi connectivity index (χ1n) is 1.13. The van der Waals surface area contributed by atoms with Crippen molar-refractivity contribution in [3.8, 4) is 0 Å². The zero-order valence-electron chi connectivity index (χ0n) is 2.44. The smallest absolute Gasteiger partial charge is 0.180 e. The molecule has 0 rings (SSSR count). The molecule has 0 aromatic rings. The first-order chi connectivity index (χ1) is 1.91. The zero-order valence-corrected chi connectivity index (χ0v) is 3.85. The van der Waals surface area contributed by atoms with E-state index >= 15 is 0 Å². The van der Waals surface area contributed by atoms with E-state index in [0.29, 0.717) is 0 Å². The molecule has 0 atom stereocenters. The lowest BCUT2D eigenvalue weighted by molar-refractivity contribution is 0.614. The summed E-state index contributed by atoms with van der Waals surface area (Å²) < 4.78 is 0. The summed E-state index contributed by atoms with van der Waals surface area (Å²) >= 11 is 0. The van der Waals surface area contributed by atoms with E-state index in [1.807, 2.05) is 0 Å². The van der Waals surface area contributed by atoms with Crippen molar-refractivity contribution >= 4 is 9.76 Å². The predicted molar refractivity (Wildman–Crippen MR) is 21.0 cm³/mol. The number of hydrogen-bond acceptors (Lipinski definition) is 1. The van der Waals surface area contributed by atoms with Crippen molar-refractivity contribution in [2.45, 2.75) is 0 Å². The summed E-state index contributed by atoms with van der Waals surface area (Å²) in [5.74, 6) is 0. The molecule has 0 aliphatic carbocycles. The minimum atomic E-state index is -0.812. The van der Waals surface area contributed by atoms with Gasteiger partial charge in [0.1, 0.15) is 0 Å². The first-order valence-corrected chi connectivity index (χ1v) is 2.58. The van der Waals surface area contributed by atoms with Crippen LogP contribution in [0.4, 0.5) is 0 Å². The Labute approximate surface area is 27.9 Å². The standard InChI is InChI=1S/C2H6OSi/c1-2-4-3/h2-3H,1,4H2. The van der Waals surface area contributed by atoms with Gasteiger partial charge in [0.15, 0.2) is 9.76 Å². The van der Waals surface area contributed by atoms with E-state index in [1.165, 1.54) is 0 Å². The molecule has 1 nitrogen and oxygen atoms in total. The highest BCUT2D eigenvalue weighted by Gasteiger charge is 1.49.